The fourth-order valence-corrected chi connectivity index (χ4v) is 3.78. The van der Waals surface area contributed by atoms with Crippen molar-refractivity contribution in [2.75, 3.05) is 0 Å². The van der Waals surface area contributed by atoms with Gasteiger partial charge in [-0.25, -0.2) is 0 Å². The molecule has 0 aliphatic heterocycles. The number of hydrogen-bond acceptors (Lipinski definition) is 2. The van der Waals surface area contributed by atoms with Crippen LogP contribution in [0.4, 0.5) is 0 Å². The predicted molar refractivity (Wildman–Crippen MR) is 99.8 cm³/mol. The zero-order valence-electron chi connectivity index (χ0n) is 14.6. The van der Waals surface area contributed by atoms with E-state index in [0.717, 1.165) is 34.2 Å². The Bertz CT molecular complexity index is 666. The predicted octanol–water partition coefficient (Wildman–Crippen LogP) is 4.93. The maximum atomic E-state index is 12.7. The molecule has 2 aromatic carbocycles. The largest absolute Gasteiger partial charge is 0.491 e. The molecule has 23 heavy (non-hydrogen) atoms. The van der Waals surface area contributed by atoms with Crippen molar-refractivity contribution in [3.8, 4) is 5.75 Å². The first kappa shape index (κ1) is 17.7. The second kappa shape index (κ2) is 7.75. The highest BCUT2D eigenvalue weighted by Gasteiger charge is 2.13. The number of carbonyl (C=O) groups excluding carboxylic acids is 1. The van der Waals surface area contributed by atoms with Gasteiger partial charge in [-0.3, -0.25) is 4.79 Å². The molecule has 0 fully saturated rings. The van der Waals surface area contributed by atoms with E-state index < -0.39 is 0 Å². The summed E-state index contributed by atoms with van der Waals surface area (Å²) < 4.78 is 5.78. The summed E-state index contributed by atoms with van der Waals surface area (Å²) in [6.45, 7) is 10.3. The average molecular weight is 328 g/mol. The fraction of sp³-hybridized carbons (Fsp3) is 0.350. The van der Waals surface area contributed by atoms with Crippen LogP contribution in [0.3, 0.4) is 0 Å². The number of benzene rings is 2. The van der Waals surface area contributed by atoms with Gasteiger partial charge in [0.2, 0.25) is 0 Å². The van der Waals surface area contributed by atoms with Crippen molar-refractivity contribution in [3.05, 3.63) is 58.7 Å². The van der Waals surface area contributed by atoms with E-state index in [0.29, 0.717) is 0 Å². The molecule has 0 saturated carbocycles. The van der Waals surface area contributed by atoms with E-state index in [9.17, 15) is 4.79 Å². The van der Waals surface area contributed by atoms with E-state index in [1.807, 2.05) is 38.1 Å². The molecule has 0 saturated heterocycles. The van der Waals surface area contributed by atoms with Crippen molar-refractivity contribution < 1.29 is 9.53 Å². The molecule has 122 valence electrons. The lowest BCUT2D eigenvalue weighted by atomic mass is 10.0. The highest BCUT2D eigenvalue weighted by atomic mass is 31.1. The molecule has 3 heteroatoms. The van der Waals surface area contributed by atoms with Gasteiger partial charge in [0.25, 0.3) is 0 Å². The Labute approximate surface area is 141 Å². The minimum absolute atomic E-state index is 0.143. The molecule has 0 amide bonds. The van der Waals surface area contributed by atoms with Crippen LogP contribution < -0.4 is 10.0 Å². The lowest BCUT2D eigenvalue weighted by Gasteiger charge is -2.13. The first-order valence-corrected chi connectivity index (χ1v) is 9.06. The summed E-state index contributed by atoms with van der Waals surface area (Å²) in [4.78, 5) is 12.7. The van der Waals surface area contributed by atoms with Crippen molar-refractivity contribution >= 4 is 19.4 Å². The van der Waals surface area contributed by atoms with E-state index in [1.165, 1.54) is 5.56 Å². The van der Waals surface area contributed by atoms with Crippen LogP contribution in [0.25, 0.3) is 0 Å². The average Bonchev–Trinajstić information content (AvgIpc) is 2.48. The smallest absolute Gasteiger partial charge is 0.186 e. The van der Waals surface area contributed by atoms with Crippen LogP contribution in [0.2, 0.25) is 0 Å². The van der Waals surface area contributed by atoms with Crippen molar-refractivity contribution in [1.82, 2.24) is 0 Å². The van der Waals surface area contributed by atoms with Crippen molar-refractivity contribution in [2.45, 2.75) is 47.1 Å². The zero-order chi connectivity index (χ0) is 17.0. The summed E-state index contributed by atoms with van der Waals surface area (Å²) in [5.41, 5.74) is 4.41. The lowest BCUT2D eigenvalue weighted by molar-refractivity contribution is 0.108. The van der Waals surface area contributed by atoms with Crippen LogP contribution in [-0.4, -0.2) is 11.6 Å². The Morgan fingerprint density at radius 1 is 1.09 bits per heavy atom. The summed E-state index contributed by atoms with van der Waals surface area (Å²) in [6.07, 6.45) is 1.19. The molecule has 0 bridgehead atoms. The number of aryl methyl sites for hydroxylation is 3. The number of carbonyl (C=O) groups is 1. The SMILES string of the molecule is CCC(C)Oc1ccc(PC(=O)c2c(C)cc(C)cc2C)cc1. The van der Waals surface area contributed by atoms with Crippen LogP contribution >= 0.6 is 8.58 Å². The highest BCUT2D eigenvalue weighted by molar-refractivity contribution is 7.66. The Balaban J connectivity index is 2.12. The quantitative estimate of drug-likeness (QED) is 0.703. The number of ether oxygens (including phenoxy) is 1. The van der Waals surface area contributed by atoms with Crippen LogP contribution in [0.1, 0.15) is 47.3 Å². The molecule has 2 unspecified atom stereocenters. The highest BCUT2D eigenvalue weighted by Crippen LogP contribution is 2.26. The van der Waals surface area contributed by atoms with Crippen LogP contribution in [0, 0.1) is 20.8 Å². The molecular weight excluding hydrogens is 303 g/mol. The monoisotopic (exact) mass is 328 g/mol. The Morgan fingerprint density at radius 2 is 1.65 bits per heavy atom. The normalized spacial score (nSPS) is 12.6. The Morgan fingerprint density at radius 3 is 2.17 bits per heavy atom. The molecule has 2 rings (SSSR count). The van der Waals surface area contributed by atoms with E-state index >= 15 is 0 Å². The maximum absolute atomic E-state index is 12.7. The first-order valence-electron chi connectivity index (χ1n) is 8.06. The second-order valence-corrected chi connectivity index (χ2v) is 7.37. The molecule has 2 aromatic rings. The van der Waals surface area contributed by atoms with E-state index in [1.54, 1.807) is 0 Å². The van der Waals surface area contributed by atoms with Gasteiger partial charge in [0, 0.05) is 5.56 Å². The second-order valence-electron chi connectivity index (χ2n) is 6.09. The van der Waals surface area contributed by atoms with Crippen molar-refractivity contribution in [2.24, 2.45) is 0 Å². The number of rotatable bonds is 6. The topological polar surface area (TPSA) is 26.3 Å². The summed E-state index contributed by atoms with van der Waals surface area (Å²) in [5.74, 6) is 0.864. The third-order valence-electron chi connectivity index (χ3n) is 3.93. The molecule has 0 aliphatic carbocycles. The summed E-state index contributed by atoms with van der Waals surface area (Å²) in [6, 6.07) is 12.1. The zero-order valence-corrected chi connectivity index (χ0v) is 15.6. The van der Waals surface area contributed by atoms with Gasteiger partial charge in [0.15, 0.2) is 5.52 Å². The molecule has 2 atom stereocenters. The third kappa shape index (κ3) is 4.65. The molecular formula is C20H25O2P. The van der Waals surface area contributed by atoms with Gasteiger partial charge in [-0.05, 0) is 71.3 Å². The number of hydrogen-bond donors (Lipinski definition) is 0. The van der Waals surface area contributed by atoms with Gasteiger partial charge < -0.3 is 4.74 Å². The van der Waals surface area contributed by atoms with Gasteiger partial charge in [-0.2, -0.15) is 0 Å². The first-order chi connectivity index (χ1) is 10.9. The van der Waals surface area contributed by atoms with Crippen LogP contribution in [0.5, 0.6) is 5.75 Å². The van der Waals surface area contributed by atoms with Crippen LogP contribution in [-0.2, 0) is 0 Å². The molecule has 0 aliphatic rings. The Hall–Kier alpha value is -1.66. The fourth-order valence-electron chi connectivity index (χ4n) is 2.66. The van der Waals surface area contributed by atoms with Crippen LogP contribution in [0.15, 0.2) is 36.4 Å². The molecule has 0 aromatic heterocycles. The minimum atomic E-state index is 0.143. The van der Waals surface area contributed by atoms with E-state index in [-0.39, 0.29) is 20.2 Å². The lowest BCUT2D eigenvalue weighted by Crippen LogP contribution is -2.10. The molecule has 0 spiro atoms. The van der Waals surface area contributed by atoms with E-state index in [2.05, 4.69) is 32.9 Å². The van der Waals surface area contributed by atoms with Gasteiger partial charge in [-0.1, -0.05) is 36.8 Å². The summed E-state index contributed by atoms with van der Waals surface area (Å²) >= 11 is 0. The molecule has 0 heterocycles. The standard InChI is InChI=1S/C20H25O2P/c1-6-16(5)22-17-7-9-18(10-8-17)23-20(21)19-14(3)11-13(2)12-15(19)4/h7-12,16,23H,6H2,1-5H3. The third-order valence-corrected chi connectivity index (χ3v) is 5.03. The summed E-state index contributed by atoms with van der Waals surface area (Å²) in [5, 5.41) is 1.05. The summed E-state index contributed by atoms with van der Waals surface area (Å²) in [7, 11) is 0.143. The van der Waals surface area contributed by atoms with Gasteiger partial charge in [-0.15, -0.1) is 0 Å². The molecule has 0 N–H and O–H groups in total. The Kier molecular flexibility index (Phi) is 5.96. The van der Waals surface area contributed by atoms with Gasteiger partial charge in [0.1, 0.15) is 5.75 Å². The van der Waals surface area contributed by atoms with Gasteiger partial charge >= 0.3 is 0 Å². The van der Waals surface area contributed by atoms with Gasteiger partial charge in [0.05, 0.1) is 6.10 Å². The minimum Gasteiger partial charge on any atom is -0.491 e. The molecule has 0 radical (unpaired) electrons. The molecule has 2 nitrogen and oxygen atoms in total. The van der Waals surface area contributed by atoms with Crippen molar-refractivity contribution in [1.29, 1.82) is 0 Å². The van der Waals surface area contributed by atoms with Crippen molar-refractivity contribution in [3.63, 3.8) is 0 Å². The maximum Gasteiger partial charge on any atom is 0.186 e. The van der Waals surface area contributed by atoms with E-state index in [4.69, 9.17) is 4.74 Å².